The van der Waals surface area contributed by atoms with Crippen LogP contribution in [0.4, 0.5) is 13.2 Å². The Bertz CT molecular complexity index is 1030. The number of aromatic nitrogens is 2. The van der Waals surface area contributed by atoms with Crippen molar-refractivity contribution in [3.63, 3.8) is 0 Å². The summed E-state index contributed by atoms with van der Waals surface area (Å²) in [4.78, 5) is 15.9. The number of halogens is 4. The molecule has 3 rings (SSSR count). The van der Waals surface area contributed by atoms with E-state index in [9.17, 15) is 26.4 Å². The molecule has 1 fully saturated rings. The fourth-order valence-electron chi connectivity index (χ4n) is 3.13. The van der Waals surface area contributed by atoms with Crippen LogP contribution >= 0.6 is 11.6 Å². The van der Waals surface area contributed by atoms with E-state index in [0.29, 0.717) is 17.0 Å². The normalized spacial score (nSPS) is 16.6. The molecule has 1 aliphatic heterocycles. The number of carbonyl (C=O) groups excluding carboxylic acids is 1. The van der Waals surface area contributed by atoms with E-state index in [0.717, 1.165) is 22.5 Å². The van der Waals surface area contributed by atoms with E-state index in [4.69, 9.17) is 16.3 Å². The van der Waals surface area contributed by atoms with Crippen molar-refractivity contribution < 1.29 is 31.1 Å². The molecule has 0 amide bonds. The Morgan fingerprint density at radius 3 is 2.53 bits per heavy atom. The summed E-state index contributed by atoms with van der Waals surface area (Å²) in [7, 11) is -2.42. The van der Waals surface area contributed by atoms with Gasteiger partial charge < -0.3 is 9.30 Å². The Morgan fingerprint density at radius 2 is 1.97 bits per heavy atom. The summed E-state index contributed by atoms with van der Waals surface area (Å²) in [6.45, 7) is -0.0516. The predicted molar refractivity (Wildman–Crippen MR) is 101 cm³/mol. The van der Waals surface area contributed by atoms with Crippen LogP contribution in [-0.2, 0) is 39.4 Å². The molecule has 12 heteroatoms. The molecule has 0 atom stereocenters. The Hall–Kier alpha value is -2.11. The van der Waals surface area contributed by atoms with Crippen molar-refractivity contribution in [2.24, 2.45) is 13.0 Å². The number of carbonyl (C=O) groups is 1. The van der Waals surface area contributed by atoms with E-state index >= 15 is 0 Å². The molecule has 0 radical (unpaired) electrons. The molecule has 164 valence electrons. The van der Waals surface area contributed by atoms with Gasteiger partial charge in [0, 0.05) is 20.1 Å². The largest absolute Gasteiger partial charge is 0.457 e. The number of nitrogens with zero attached hydrogens (tertiary/aromatic N) is 3. The van der Waals surface area contributed by atoms with Gasteiger partial charge in [-0.3, -0.25) is 4.79 Å². The summed E-state index contributed by atoms with van der Waals surface area (Å²) < 4.78 is 72.0. The third-order valence-corrected chi connectivity index (χ3v) is 7.20. The van der Waals surface area contributed by atoms with Gasteiger partial charge in [0.05, 0.1) is 22.6 Å². The van der Waals surface area contributed by atoms with E-state index in [-0.39, 0.29) is 32.5 Å². The third kappa shape index (κ3) is 4.79. The van der Waals surface area contributed by atoms with Crippen LogP contribution in [0.2, 0.25) is 5.15 Å². The monoisotopic (exact) mass is 465 g/mol. The number of benzene rings is 1. The van der Waals surface area contributed by atoms with E-state index in [2.05, 4.69) is 4.98 Å². The van der Waals surface area contributed by atoms with Crippen molar-refractivity contribution in [2.75, 3.05) is 13.1 Å². The number of piperidine rings is 1. The van der Waals surface area contributed by atoms with Crippen LogP contribution in [0.15, 0.2) is 35.4 Å². The number of esters is 1. The van der Waals surface area contributed by atoms with Crippen molar-refractivity contribution in [1.82, 2.24) is 13.9 Å². The quantitative estimate of drug-likeness (QED) is 0.633. The number of rotatable bonds is 5. The molecular weight excluding hydrogens is 447 g/mol. The summed E-state index contributed by atoms with van der Waals surface area (Å²) in [5.74, 6) is -0.517. The molecule has 0 aliphatic carbocycles. The molecule has 1 aromatic heterocycles. The molecule has 2 aromatic rings. The molecule has 1 aliphatic rings. The number of ether oxygens (including phenoxy) is 1. The predicted octanol–water partition coefficient (Wildman–Crippen LogP) is 3.24. The fraction of sp³-hybridized carbons (Fsp3) is 0.444. The lowest BCUT2D eigenvalue weighted by molar-refractivity contribution is -0.151. The highest BCUT2D eigenvalue weighted by Gasteiger charge is 2.35. The summed E-state index contributed by atoms with van der Waals surface area (Å²) in [5.41, 5.74) is -1.03. The molecule has 1 aromatic carbocycles. The maximum Gasteiger partial charge on any atom is 0.416 e. The minimum atomic E-state index is -4.64. The Kier molecular flexibility index (Phi) is 6.44. The zero-order valence-electron chi connectivity index (χ0n) is 15.9. The average molecular weight is 466 g/mol. The molecule has 2 heterocycles. The van der Waals surface area contributed by atoms with Gasteiger partial charge in [-0.05, 0) is 31.0 Å². The summed E-state index contributed by atoms with van der Waals surface area (Å²) in [5, 5.41) is 0.397. The fourth-order valence-corrected chi connectivity index (χ4v) is 4.79. The zero-order valence-corrected chi connectivity index (χ0v) is 17.5. The second-order valence-electron chi connectivity index (χ2n) is 6.87. The lowest BCUT2D eigenvalue weighted by Crippen LogP contribution is -2.40. The molecule has 0 unspecified atom stereocenters. The van der Waals surface area contributed by atoms with Crippen molar-refractivity contribution >= 4 is 27.6 Å². The van der Waals surface area contributed by atoms with Gasteiger partial charge in [-0.2, -0.15) is 17.5 Å². The molecule has 30 heavy (non-hydrogen) atoms. The lowest BCUT2D eigenvalue weighted by atomic mass is 9.98. The maximum absolute atomic E-state index is 12.9. The third-order valence-electron chi connectivity index (χ3n) is 4.96. The molecule has 0 spiro atoms. The van der Waals surface area contributed by atoms with Crippen molar-refractivity contribution in [3.8, 4) is 0 Å². The first-order valence-electron chi connectivity index (χ1n) is 9.00. The van der Waals surface area contributed by atoms with Gasteiger partial charge in [0.25, 0.3) is 0 Å². The first kappa shape index (κ1) is 22.6. The Morgan fingerprint density at radius 1 is 1.30 bits per heavy atom. The van der Waals surface area contributed by atoms with Crippen LogP contribution in [0.3, 0.4) is 0 Å². The topological polar surface area (TPSA) is 81.5 Å². The van der Waals surface area contributed by atoms with Crippen LogP contribution in [0.5, 0.6) is 0 Å². The van der Waals surface area contributed by atoms with Crippen LogP contribution in [0, 0.1) is 5.92 Å². The second-order valence-corrected chi connectivity index (χ2v) is 9.19. The standard InChI is InChI=1S/C18H19ClF3N3O4S/c1-24-15(19)10-23-16(24)11-29-17(26)12-5-7-25(8-6-12)30(27,28)14-4-2-3-13(9-14)18(20,21)22/h2-4,9-10,12H,5-8,11H2,1H3. The summed E-state index contributed by atoms with van der Waals surface area (Å²) in [6.07, 6.45) is -2.79. The van der Waals surface area contributed by atoms with Gasteiger partial charge in [0.2, 0.25) is 10.0 Å². The van der Waals surface area contributed by atoms with Crippen LogP contribution < -0.4 is 0 Å². The minimum absolute atomic E-state index is 0.00653. The average Bonchev–Trinajstić information content (AvgIpc) is 3.03. The zero-order chi connectivity index (χ0) is 22.1. The summed E-state index contributed by atoms with van der Waals surface area (Å²) in [6, 6.07) is 3.62. The molecule has 1 saturated heterocycles. The minimum Gasteiger partial charge on any atom is -0.457 e. The van der Waals surface area contributed by atoms with Gasteiger partial charge >= 0.3 is 12.1 Å². The summed E-state index contributed by atoms with van der Waals surface area (Å²) >= 11 is 5.87. The highest BCUT2D eigenvalue weighted by atomic mass is 35.5. The number of sulfonamides is 1. The number of hydrogen-bond acceptors (Lipinski definition) is 5. The van der Waals surface area contributed by atoms with E-state index in [1.54, 1.807) is 11.6 Å². The molecule has 7 nitrogen and oxygen atoms in total. The Labute approximate surface area is 176 Å². The van der Waals surface area contributed by atoms with Crippen LogP contribution in [0.1, 0.15) is 24.2 Å². The smallest absolute Gasteiger partial charge is 0.416 e. The second kappa shape index (κ2) is 8.56. The lowest BCUT2D eigenvalue weighted by Gasteiger charge is -2.30. The van der Waals surface area contributed by atoms with Gasteiger partial charge in [-0.1, -0.05) is 17.7 Å². The highest BCUT2D eigenvalue weighted by molar-refractivity contribution is 7.89. The Balaban J connectivity index is 1.60. The molecule has 0 saturated carbocycles. The maximum atomic E-state index is 12.9. The van der Waals surface area contributed by atoms with Gasteiger partial charge in [0.15, 0.2) is 0 Å². The van der Waals surface area contributed by atoms with Gasteiger partial charge in [0.1, 0.15) is 17.6 Å². The van der Waals surface area contributed by atoms with E-state index < -0.39 is 38.5 Å². The van der Waals surface area contributed by atoms with Crippen molar-refractivity contribution in [2.45, 2.75) is 30.5 Å². The first-order chi connectivity index (χ1) is 14.0. The highest BCUT2D eigenvalue weighted by Crippen LogP contribution is 2.32. The molecule has 0 N–H and O–H groups in total. The van der Waals surface area contributed by atoms with Gasteiger partial charge in [-0.25, -0.2) is 13.4 Å². The first-order valence-corrected chi connectivity index (χ1v) is 10.8. The number of alkyl halides is 3. The van der Waals surface area contributed by atoms with E-state index in [1.165, 1.54) is 6.20 Å². The molecular formula is C18H19ClF3N3O4S. The van der Waals surface area contributed by atoms with Crippen LogP contribution in [-0.4, -0.2) is 41.3 Å². The van der Waals surface area contributed by atoms with Crippen molar-refractivity contribution in [1.29, 1.82) is 0 Å². The SMILES string of the molecule is Cn1c(Cl)cnc1COC(=O)C1CCN(S(=O)(=O)c2cccc(C(F)(F)F)c2)CC1. The van der Waals surface area contributed by atoms with E-state index in [1.807, 2.05) is 0 Å². The molecule has 0 bridgehead atoms. The number of hydrogen-bond donors (Lipinski definition) is 0. The van der Waals surface area contributed by atoms with Crippen LogP contribution in [0.25, 0.3) is 0 Å². The van der Waals surface area contributed by atoms with Gasteiger partial charge in [-0.15, -0.1) is 0 Å². The number of imidazole rings is 1. The van der Waals surface area contributed by atoms with Crippen molar-refractivity contribution in [3.05, 3.63) is 47.0 Å².